The van der Waals surface area contributed by atoms with Gasteiger partial charge in [0.05, 0.1) is 20.8 Å². The van der Waals surface area contributed by atoms with E-state index in [1.165, 1.54) is 20.3 Å². The molecule has 0 spiro atoms. The van der Waals surface area contributed by atoms with E-state index in [0.29, 0.717) is 24.5 Å². The van der Waals surface area contributed by atoms with Crippen molar-refractivity contribution in [2.24, 2.45) is 11.8 Å². The largest absolute Gasteiger partial charge is 0.504 e. The van der Waals surface area contributed by atoms with Gasteiger partial charge in [-0.1, -0.05) is 13.8 Å². The molecule has 1 heterocycles. The summed E-state index contributed by atoms with van der Waals surface area (Å²) in [5.74, 6) is 0.641. The molecular weight excluding hydrogens is 422 g/mol. The number of carbonyl (C=O) groups is 2. The monoisotopic (exact) mass is 455 g/mol. The number of benzene rings is 1. The van der Waals surface area contributed by atoms with Crippen molar-refractivity contribution in [3.05, 3.63) is 40.7 Å². The highest BCUT2D eigenvalue weighted by Gasteiger charge is 2.57. The van der Waals surface area contributed by atoms with Crippen LogP contribution >= 0.6 is 0 Å². The molecule has 3 aliphatic rings. The SMILES string of the molecule is COC1=C[C@@H]2[C@@H]3Cc4c(/C=C/C(=O)OCC(C)C)cc(OC)c(O)c4[C@]2(CCN3C)CC1=O. The summed E-state index contributed by atoms with van der Waals surface area (Å²) >= 11 is 0. The molecule has 1 aromatic carbocycles. The van der Waals surface area contributed by atoms with Crippen molar-refractivity contribution >= 4 is 17.8 Å². The molecule has 2 bridgehead atoms. The molecule has 0 amide bonds. The van der Waals surface area contributed by atoms with E-state index in [1.54, 1.807) is 12.1 Å². The predicted molar refractivity (Wildman–Crippen MR) is 124 cm³/mol. The Balaban J connectivity index is 1.85. The number of esters is 1. The van der Waals surface area contributed by atoms with E-state index in [1.807, 2.05) is 19.9 Å². The van der Waals surface area contributed by atoms with Crippen molar-refractivity contribution in [2.45, 2.75) is 44.6 Å². The summed E-state index contributed by atoms with van der Waals surface area (Å²) in [5, 5.41) is 11.3. The van der Waals surface area contributed by atoms with Crippen LogP contribution in [-0.4, -0.2) is 62.2 Å². The zero-order chi connectivity index (χ0) is 23.9. The second-order valence-corrected chi connectivity index (χ2v) is 9.75. The van der Waals surface area contributed by atoms with Crippen molar-refractivity contribution in [1.29, 1.82) is 0 Å². The van der Waals surface area contributed by atoms with Crippen LogP contribution in [0.5, 0.6) is 11.5 Å². The third-order valence-electron chi connectivity index (χ3n) is 7.33. The highest BCUT2D eigenvalue weighted by molar-refractivity contribution is 5.96. The van der Waals surface area contributed by atoms with Gasteiger partial charge in [0.25, 0.3) is 0 Å². The first-order valence-electron chi connectivity index (χ1n) is 11.5. The van der Waals surface area contributed by atoms with Gasteiger partial charge in [0.15, 0.2) is 23.0 Å². The maximum atomic E-state index is 13.0. The van der Waals surface area contributed by atoms with Gasteiger partial charge >= 0.3 is 5.97 Å². The lowest BCUT2D eigenvalue weighted by Crippen LogP contribution is -2.60. The van der Waals surface area contributed by atoms with Crippen molar-refractivity contribution in [3.63, 3.8) is 0 Å². The number of aromatic hydroxyl groups is 1. The standard InChI is InChI=1S/C26H33NO6/c1-15(2)14-33-23(29)7-6-16-10-22(32-5)25(30)24-17(16)11-19-18-12-21(31-4)20(28)13-26(18,24)8-9-27(19)3/h6-7,10,12,15,18-19,30H,8-9,11,13-14H2,1-5H3/b7-6+/t18-,19+,26-/m1/s1. The molecule has 2 aliphatic carbocycles. The normalized spacial score (nSPS) is 26.6. The number of allylic oxidation sites excluding steroid dienone is 1. The number of likely N-dealkylation sites (tertiary alicyclic amines) is 1. The molecule has 178 valence electrons. The van der Waals surface area contributed by atoms with Gasteiger partial charge in [-0.25, -0.2) is 4.79 Å². The van der Waals surface area contributed by atoms with Crippen LogP contribution in [0, 0.1) is 11.8 Å². The number of piperidine rings is 1. The zero-order valence-corrected chi connectivity index (χ0v) is 20.0. The Bertz CT molecular complexity index is 1030. The number of nitrogens with zero attached hydrogens (tertiary/aromatic N) is 1. The van der Waals surface area contributed by atoms with Crippen molar-refractivity contribution in [3.8, 4) is 11.5 Å². The predicted octanol–water partition coefficient (Wildman–Crippen LogP) is 3.23. The molecule has 33 heavy (non-hydrogen) atoms. The average molecular weight is 456 g/mol. The van der Waals surface area contributed by atoms with E-state index in [-0.39, 0.29) is 35.8 Å². The lowest BCUT2D eigenvalue weighted by atomic mass is 9.53. The second-order valence-electron chi connectivity index (χ2n) is 9.75. The minimum Gasteiger partial charge on any atom is -0.504 e. The van der Waals surface area contributed by atoms with E-state index in [2.05, 4.69) is 11.9 Å². The smallest absolute Gasteiger partial charge is 0.330 e. The first-order valence-corrected chi connectivity index (χ1v) is 11.5. The summed E-state index contributed by atoms with van der Waals surface area (Å²) in [4.78, 5) is 27.5. The highest BCUT2D eigenvalue weighted by Crippen LogP contribution is 2.58. The number of hydrogen-bond acceptors (Lipinski definition) is 7. The van der Waals surface area contributed by atoms with Crippen LogP contribution in [0.2, 0.25) is 0 Å². The molecule has 0 radical (unpaired) electrons. The van der Waals surface area contributed by atoms with E-state index < -0.39 is 11.4 Å². The molecule has 3 atom stereocenters. The minimum absolute atomic E-state index is 0.0299. The highest BCUT2D eigenvalue weighted by atomic mass is 16.5. The number of phenolic OH excluding ortho intramolecular Hbond substituents is 1. The Morgan fingerprint density at radius 3 is 2.76 bits per heavy atom. The fraction of sp³-hybridized carbons (Fsp3) is 0.538. The molecule has 1 N–H and O–H groups in total. The first-order chi connectivity index (χ1) is 15.7. The molecule has 4 rings (SSSR count). The molecule has 1 aliphatic heterocycles. The van der Waals surface area contributed by atoms with E-state index in [9.17, 15) is 14.7 Å². The van der Waals surface area contributed by atoms with Gasteiger partial charge in [-0.05, 0) is 61.7 Å². The van der Waals surface area contributed by atoms with Crippen LogP contribution in [0.3, 0.4) is 0 Å². The van der Waals surface area contributed by atoms with Crippen molar-refractivity contribution in [1.82, 2.24) is 4.90 Å². The summed E-state index contributed by atoms with van der Waals surface area (Å²) in [6.45, 7) is 5.15. The van der Waals surface area contributed by atoms with Gasteiger partial charge in [0.1, 0.15) is 0 Å². The number of ketones is 1. The summed E-state index contributed by atoms with van der Waals surface area (Å²) in [6, 6.07) is 1.91. The van der Waals surface area contributed by atoms with Crippen LogP contribution in [0.4, 0.5) is 0 Å². The Morgan fingerprint density at radius 2 is 2.09 bits per heavy atom. The molecule has 1 aromatic rings. The number of methoxy groups -OCH3 is 2. The summed E-state index contributed by atoms with van der Waals surface area (Å²) < 4.78 is 16.2. The number of likely N-dealkylation sites (N-methyl/N-ethyl adjacent to an activating group) is 1. The number of fused-ring (bicyclic) bond motifs is 1. The third-order valence-corrected chi connectivity index (χ3v) is 7.33. The van der Waals surface area contributed by atoms with E-state index in [4.69, 9.17) is 14.2 Å². The number of phenols is 1. The maximum Gasteiger partial charge on any atom is 0.330 e. The quantitative estimate of drug-likeness (QED) is 0.521. The zero-order valence-electron chi connectivity index (χ0n) is 20.0. The van der Waals surface area contributed by atoms with Gasteiger partial charge < -0.3 is 24.2 Å². The number of ether oxygens (including phenoxy) is 3. The Morgan fingerprint density at radius 1 is 1.33 bits per heavy atom. The van der Waals surface area contributed by atoms with Gasteiger partial charge in [0, 0.05) is 35.4 Å². The lowest BCUT2D eigenvalue weighted by Gasteiger charge is -2.56. The number of rotatable bonds is 6. The van der Waals surface area contributed by atoms with Crippen LogP contribution in [0.1, 0.15) is 43.4 Å². The van der Waals surface area contributed by atoms with E-state index >= 15 is 0 Å². The van der Waals surface area contributed by atoms with Gasteiger partial charge in [-0.15, -0.1) is 0 Å². The molecule has 0 unspecified atom stereocenters. The minimum atomic E-state index is -0.538. The van der Waals surface area contributed by atoms with Crippen LogP contribution in [0.25, 0.3) is 6.08 Å². The van der Waals surface area contributed by atoms with Crippen molar-refractivity contribution < 1.29 is 28.9 Å². The van der Waals surface area contributed by atoms with Crippen molar-refractivity contribution in [2.75, 3.05) is 34.4 Å². The Hall–Kier alpha value is -2.80. The number of Topliss-reactive ketones (excluding diaryl/α,β-unsaturated/α-hetero) is 1. The topological polar surface area (TPSA) is 85.3 Å². The van der Waals surface area contributed by atoms with Gasteiger partial charge in [0.2, 0.25) is 0 Å². The lowest BCUT2D eigenvalue weighted by molar-refractivity contribution is -0.138. The summed E-state index contributed by atoms with van der Waals surface area (Å²) in [6.07, 6.45) is 6.79. The van der Waals surface area contributed by atoms with Gasteiger partial charge in [-0.3, -0.25) is 4.79 Å². The van der Waals surface area contributed by atoms with Crippen LogP contribution < -0.4 is 4.74 Å². The molecular formula is C26H33NO6. The molecule has 1 fully saturated rings. The van der Waals surface area contributed by atoms with Crippen LogP contribution in [-0.2, 0) is 30.9 Å². The molecule has 1 saturated heterocycles. The molecule has 7 nitrogen and oxygen atoms in total. The average Bonchev–Trinajstić information content (AvgIpc) is 2.78. The van der Waals surface area contributed by atoms with Crippen LogP contribution in [0.15, 0.2) is 24.0 Å². The second kappa shape index (κ2) is 8.86. The maximum absolute atomic E-state index is 13.0. The van der Waals surface area contributed by atoms with E-state index in [0.717, 1.165) is 29.7 Å². The Kier molecular flexibility index (Phi) is 6.27. The fourth-order valence-electron chi connectivity index (χ4n) is 5.73. The number of carbonyl (C=O) groups excluding carboxylic acids is 2. The summed E-state index contributed by atoms with van der Waals surface area (Å²) in [7, 11) is 5.13. The summed E-state index contributed by atoms with van der Waals surface area (Å²) in [5.41, 5.74) is 1.99. The first kappa shape index (κ1) is 23.4. The fourth-order valence-corrected chi connectivity index (χ4v) is 5.73. The Labute approximate surface area is 195 Å². The molecule has 0 saturated carbocycles. The van der Waals surface area contributed by atoms with Gasteiger partial charge in [-0.2, -0.15) is 0 Å². The third kappa shape index (κ3) is 3.92. The molecule has 7 heteroatoms. The number of hydrogen-bond donors (Lipinski definition) is 1. The molecule has 0 aromatic heterocycles.